The molecule has 1 rings (SSSR count). The van der Waals surface area contributed by atoms with Crippen molar-refractivity contribution >= 4 is 29.9 Å². The standard InChI is InChI=1S/C20H41N3O2.HI/c1-4-21-20(23-16-18(11-13-24)15-17(2)3)22-12-8-14-25-19-9-6-5-7-10-19;/h17-19,24H,4-16H2,1-3H3,(H2,21,22,23);1H. The number of nitrogens with one attached hydrogen (secondary N) is 2. The normalized spacial score (nSPS) is 17.0. The van der Waals surface area contributed by atoms with Gasteiger partial charge < -0.3 is 20.5 Å². The van der Waals surface area contributed by atoms with Crippen LogP contribution in [0.15, 0.2) is 4.99 Å². The van der Waals surface area contributed by atoms with Gasteiger partial charge in [0.15, 0.2) is 5.96 Å². The highest BCUT2D eigenvalue weighted by atomic mass is 127. The molecule has 1 unspecified atom stereocenters. The van der Waals surface area contributed by atoms with Gasteiger partial charge in [0, 0.05) is 32.8 Å². The summed E-state index contributed by atoms with van der Waals surface area (Å²) >= 11 is 0. The van der Waals surface area contributed by atoms with E-state index in [0.29, 0.717) is 17.9 Å². The molecule has 1 atom stereocenters. The first-order chi connectivity index (χ1) is 12.2. The summed E-state index contributed by atoms with van der Waals surface area (Å²) in [6.45, 7) is 10.1. The van der Waals surface area contributed by atoms with Gasteiger partial charge in [-0.25, -0.2) is 0 Å². The second-order valence-electron chi connectivity index (χ2n) is 7.64. The molecule has 1 fully saturated rings. The Bertz CT molecular complexity index is 348. The van der Waals surface area contributed by atoms with E-state index in [0.717, 1.165) is 51.5 Å². The summed E-state index contributed by atoms with van der Waals surface area (Å²) < 4.78 is 5.97. The summed E-state index contributed by atoms with van der Waals surface area (Å²) in [5.41, 5.74) is 0. The number of guanidine groups is 1. The molecule has 156 valence electrons. The number of aliphatic hydroxyl groups excluding tert-OH is 1. The van der Waals surface area contributed by atoms with Crippen LogP contribution in [0, 0.1) is 11.8 Å². The summed E-state index contributed by atoms with van der Waals surface area (Å²) in [4.78, 5) is 4.72. The molecular weight excluding hydrogens is 441 g/mol. The molecule has 0 aromatic heterocycles. The van der Waals surface area contributed by atoms with E-state index in [4.69, 9.17) is 9.73 Å². The van der Waals surface area contributed by atoms with Gasteiger partial charge >= 0.3 is 0 Å². The highest BCUT2D eigenvalue weighted by Crippen LogP contribution is 2.20. The summed E-state index contributed by atoms with van der Waals surface area (Å²) in [6.07, 6.45) is 9.93. The summed E-state index contributed by atoms with van der Waals surface area (Å²) in [7, 11) is 0. The summed E-state index contributed by atoms with van der Waals surface area (Å²) in [5, 5.41) is 15.9. The van der Waals surface area contributed by atoms with Gasteiger partial charge in [0.1, 0.15) is 0 Å². The molecule has 5 nitrogen and oxygen atoms in total. The van der Waals surface area contributed by atoms with E-state index in [9.17, 15) is 5.11 Å². The first-order valence-electron chi connectivity index (χ1n) is 10.4. The predicted molar refractivity (Wildman–Crippen MR) is 121 cm³/mol. The van der Waals surface area contributed by atoms with Gasteiger partial charge in [-0.3, -0.25) is 4.99 Å². The molecule has 0 bridgehead atoms. The second-order valence-corrected chi connectivity index (χ2v) is 7.64. The maximum atomic E-state index is 9.23. The van der Waals surface area contributed by atoms with Crippen molar-refractivity contribution in [3.63, 3.8) is 0 Å². The maximum Gasteiger partial charge on any atom is 0.191 e. The lowest BCUT2D eigenvalue weighted by Gasteiger charge is -2.22. The molecule has 1 aliphatic carbocycles. The summed E-state index contributed by atoms with van der Waals surface area (Å²) in [5.74, 6) is 1.97. The first kappa shape index (κ1) is 25.9. The lowest BCUT2D eigenvalue weighted by molar-refractivity contribution is 0.0277. The van der Waals surface area contributed by atoms with Crippen LogP contribution in [0.5, 0.6) is 0 Å². The van der Waals surface area contributed by atoms with Crippen molar-refractivity contribution in [1.82, 2.24) is 10.6 Å². The molecule has 26 heavy (non-hydrogen) atoms. The van der Waals surface area contributed by atoms with E-state index in [1.54, 1.807) is 0 Å². The molecule has 0 spiro atoms. The zero-order valence-corrected chi connectivity index (χ0v) is 19.5. The fourth-order valence-corrected chi connectivity index (χ4v) is 3.46. The van der Waals surface area contributed by atoms with Crippen LogP contribution in [0.1, 0.15) is 72.1 Å². The molecule has 1 aliphatic rings. The Balaban J connectivity index is 0.00000625. The first-order valence-corrected chi connectivity index (χ1v) is 10.4. The summed E-state index contributed by atoms with van der Waals surface area (Å²) in [6, 6.07) is 0. The second kappa shape index (κ2) is 17.0. The zero-order valence-electron chi connectivity index (χ0n) is 17.1. The minimum atomic E-state index is 0. The van der Waals surface area contributed by atoms with Gasteiger partial charge in [-0.05, 0) is 50.9 Å². The highest BCUT2D eigenvalue weighted by molar-refractivity contribution is 14.0. The van der Waals surface area contributed by atoms with Crippen molar-refractivity contribution in [3.8, 4) is 0 Å². The van der Waals surface area contributed by atoms with E-state index >= 15 is 0 Å². The van der Waals surface area contributed by atoms with Crippen LogP contribution in [-0.4, -0.2) is 50.0 Å². The van der Waals surface area contributed by atoms with Crippen LogP contribution < -0.4 is 10.6 Å². The van der Waals surface area contributed by atoms with Gasteiger partial charge in [0.2, 0.25) is 0 Å². The number of ether oxygens (including phenoxy) is 1. The van der Waals surface area contributed by atoms with Gasteiger partial charge in [0.25, 0.3) is 0 Å². The monoisotopic (exact) mass is 483 g/mol. The van der Waals surface area contributed by atoms with E-state index < -0.39 is 0 Å². The molecule has 0 amide bonds. The number of aliphatic imine (C=N–C) groups is 1. The number of rotatable bonds is 12. The number of halogens is 1. The fourth-order valence-electron chi connectivity index (χ4n) is 3.46. The Hall–Kier alpha value is -0.0800. The van der Waals surface area contributed by atoms with E-state index in [-0.39, 0.29) is 30.6 Å². The molecule has 0 heterocycles. The maximum absolute atomic E-state index is 9.23. The van der Waals surface area contributed by atoms with Crippen LogP contribution in [0.25, 0.3) is 0 Å². The van der Waals surface area contributed by atoms with Gasteiger partial charge in [-0.2, -0.15) is 0 Å². The van der Waals surface area contributed by atoms with Crippen LogP contribution >= 0.6 is 24.0 Å². The molecule has 1 saturated carbocycles. The third-order valence-electron chi connectivity index (χ3n) is 4.71. The molecule has 0 aromatic carbocycles. The molecule has 0 saturated heterocycles. The highest BCUT2D eigenvalue weighted by Gasteiger charge is 2.13. The zero-order chi connectivity index (χ0) is 18.3. The van der Waals surface area contributed by atoms with Crippen molar-refractivity contribution in [2.75, 3.05) is 32.8 Å². The molecule has 6 heteroatoms. The Morgan fingerprint density at radius 3 is 2.54 bits per heavy atom. The van der Waals surface area contributed by atoms with Crippen molar-refractivity contribution < 1.29 is 9.84 Å². The lowest BCUT2D eigenvalue weighted by atomic mass is 9.94. The Morgan fingerprint density at radius 1 is 1.19 bits per heavy atom. The van der Waals surface area contributed by atoms with Crippen molar-refractivity contribution in [1.29, 1.82) is 0 Å². The average Bonchev–Trinajstić information content (AvgIpc) is 2.59. The SMILES string of the molecule is CCNC(=NCC(CCO)CC(C)C)NCCCOC1CCCCC1.I. The van der Waals surface area contributed by atoms with Crippen LogP contribution in [-0.2, 0) is 4.74 Å². The van der Waals surface area contributed by atoms with Crippen LogP contribution in [0.3, 0.4) is 0 Å². The topological polar surface area (TPSA) is 65.9 Å². The number of nitrogens with zero attached hydrogens (tertiary/aromatic N) is 1. The van der Waals surface area contributed by atoms with Crippen LogP contribution in [0.4, 0.5) is 0 Å². The number of aliphatic hydroxyl groups is 1. The smallest absolute Gasteiger partial charge is 0.191 e. The third kappa shape index (κ3) is 13.1. The minimum Gasteiger partial charge on any atom is -0.396 e. The van der Waals surface area contributed by atoms with Crippen molar-refractivity contribution in [3.05, 3.63) is 0 Å². The van der Waals surface area contributed by atoms with Crippen LogP contribution in [0.2, 0.25) is 0 Å². The molecule has 3 N–H and O–H groups in total. The van der Waals surface area contributed by atoms with Gasteiger partial charge in [-0.15, -0.1) is 24.0 Å². The predicted octanol–water partition coefficient (Wildman–Crippen LogP) is 3.94. The molecule has 0 radical (unpaired) electrons. The van der Waals surface area contributed by atoms with Gasteiger partial charge in [0.05, 0.1) is 6.10 Å². The van der Waals surface area contributed by atoms with Crippen molar-refractivity contribution in [2.24, 2.45) is 16.8 Å². The molecule has 0 aliphatic heterocycles. The van der Waals surface area contributed by atoms with E-state index in [1.807, 2.05) is 0 Å². The largest absolute Gasteiger partial charge is 0.396 e. The fraction of sp³-hybridized carbons (Fsp3) is 0.950. The molecular formula is C20H42IN3O2. The third-order valence-corrected chi connectivity index (χ3v) is 4.71. The Morgan fingerprint density at radius 2 is 1.92 bits per heavy atom. The van der Waals surface area contributed by atoms with E-state index in [1.165, 1.54) is 32.1 Å². The minimum absolute atomic E-state index is 0. The number of hydrogen-bond acceptors (Lipinski definition) is 3. The Kier molecular flexibility index (Phi) is 17.0. The average molecular weight is 483 g/mol. The lowest BCUT2D eigenvalue weighted by Crippen LogP contribution is -2.38. The number of hydrogen-bond donors (Lipinski definition) is 3. The molecule has 0 aromatic rings. The van der Waals surface area contributed by atoms with E-state index in [2.05, 4.69) is 31.4 Å². The van der Waals surface area contributed by atoms with Gasteiger partial charge in [-0.1, -0.05) is 33.1 Å². The van der Waals surface area contributed by atoms with Crippen molar-refractivity contribution in [2.45, 2.75) is 78.2 Å². The Labute approximate surface area is 178 Å². The quantitative estimate of drug-likeness (QED) is 0.170.